The Bertz CT molecular complexity index is 3480. The summed E-state index contributed by atoms with van der Waals surface area (Å²) < 4.78 is 1.61. The quantitative estimate of drug-likeness (QED) is 0.0959. The molecule has 0 unspecified atom stereocenters. The molecule has 4 nitrogen and oxygen atoms in total. The van der Waals surface area contributed by atoms with Crippen LogP contribution >= 0.6 is 0 Å². The van der Waals surface area contributed by atoms with Crippen molar-refractivity contribution in [2.24, 2.45) is 0 Å². The largest absolute Gasteiger partial charge is 0.376 e. The lowest BCUT2D eigenvalue weighted by Gasteiger charge is -2.37. The zero-order chi connectivity index (χ0) is 48.3. The number of rotatable bonds is 7. The molecule has 276 valence electrons. The molecule has 8 aromatic carbocycles. The van der Waals surface area contributed by atoms with Gasteiger partial charge in [0.05, 0.1) is 26.7 Å². The summed E-state index contributed by atoms with van der Waals surface area (Å²) in [4.78, 5) is 4.57. The lowest BCUT2D eigenvalue weighted by atomic mass is 9.45. The molecule has 0 aliphatic rings. The van der Waals surface area contributed by atoms with Gasteiger partial charge in [-0.2, -0.15) is 0 Å². The molecule has 0 aliphatic carbocycles. The van der Waals surface area contributed by atoms with E-state index in [9.17, 15) is 10.2 Å². The molecule has 0 aliphatic heterocycles. The molecule has 1 heterocycles. The van der Waals surface area contributed by atoms with Gasteiger partial charge in [-0.25, -0.2) is 4.98 Å². The van der Waals surface area contributed by atoms with Gasteiger partial charge in [0.1, 0.15) is 114 Å². The SMILES string of the molecule is [B]c1c([B])c([B])c(-c2ccc(-c3c4c([B])c([B])c([B])c([B])c4c(-c4cccc(-c5cccc(-n6c(C([B])([B])C([B])(O)O)nc7ccccc76)c5)c4)c4c([B])c([B])c([B])c([B])c34)cc2)c([B])c1[B]. The van der Waals surface area contributed by atoms with Crippen LogP contribution in [-0.4, -0.2) is 151 Å². The molecule has 20 heteroatoms. The van der Waals surface area contributed by atoms with Gasteiger partial charge < -0.3 is 10.2 Å². The summed E-state index contributed by atoms with van der Waals surface area (Å²) >= 11 is 0. The second-order valence-electron chi connectivity index (χ2n) is 16.6. The first-order chi connectivity index (χ1) is 31.6. The van der Waals surface area contributed by atoms with Crippen LogP contribution in [0.1, 0.15) is 5.82 Å². The van der Waals surface area contributed by atoms with E-state index in [1.54, 1.807) is 59.2 Å². The predicted octanol–water partition coefficient (Wildman–Crippen LogP) is -6.38. The first-order valence-corrected chi connectivity index (χ1v) is 20.5. The molecule has 0 saturated heterocycles. The molecular formula is C47H18B16N2O2. The third kappa shape index (κ3) is 7.18. The zero-order valence-corrected chi connectivity index (χ0v) is 35.8. The summed E-state index contributed by atoms with van der Waals surface area (Å²) in [5, 5.41) is 20.2. The highest BCUT2D eigenvalue weighted by atomic mass is 16.5. The molecule has 9 rings (SSSR count). The van der Waals surface area contributed by atoms with Crippen molar-refractivity contribution in [2.75, 3.05) is 0 Å². The Balaban J connectivity index is 1.32. The highest BCUT2D eigenvalue weighted by Crippen LogP contribution is 2.42. The predicted molar refractivity (Wildman–Crippen MR) is 294 cm³/mol. The van der Waals surface area contributed by atoms with Crippen molar-refractivity contribution >= 4 is 229 Å². The van der Waals surface area contributed by atoms with E-state index in [4.69, 9.17) is 126 Å². The van der Waals surface area contributed by atoms with E-state index in [0.29, 0.717) is 82.8 Å². The zero-order valence-electron chi connectivity index (χ0n) is 35.8. The Morgan fingerprint density at radius 3 is 1.25 bits per heavy atom. The number of nitrogens with zero attached hydrogens (tertiary/aromatic N) is 2. The fourth-order valence-electron chi connectivity index (χ4n) is 8.90. The molecule has 0 fully saturated rings. The Morgan fingerprint density at radius 1 is 0.373 bits per heavy atom. The summed E-state index contributed by atoms with van der Waals surface area (Å²) in [5.74, 6) is -0.109. The number of para-hydroxylation sites is 2. The van der Waals surface area contributed by atoms with Gasteiger partial charge in [0.25, 0.3) is 0 Å². The van der Waals surface area contributed by atoms with E-state index in [-0.39, 0.29) is 76.8 Å². The fourth-order valence-corrected chi connectivity index (χ4v) is 8.90. The van der Waals surface area contributed by atoms with E-state index in [2.05, 4.69) is 4.98 Å². The minimum atomic E-state index is -3.05. The smallest absolute Gasteiger partial charge is 0.152 e. The normalized spacial score (nSPS) is 12.1. The average molecular weight is 816 g/mol. The van der Waals surface area contributed by atoms with Crippen LogP contribution < -0.4 is 71.0 Å². The molecule has 0 bridgehead atoms. The summed E-state index contributed by atoms with van der Waals surface area (Å²) in [5.41, 5.74) is 4.26. The van der Waals surface area contributed by atoms with E-state index in [0.717, 1.165) is 0 Å². The Hall–Kier alpha value is -5.29. The Labute approximate surface area is 410 Å². The summed E-state index contributed by atoms with van der Waals surface area (Å²) in [6.07, 6.45) is 0. The summed E-state index contributed by atoms with van der Waals surface area (Å²) in [6, 6.07) is 29.1. The number of hydrogen-bond acceptors (Lipinski definition) is 3. The Morgan fingerprint density at radius 2 is 0.761 bits per heavy atom. The van der Waals surface area contributed by atoms with Crippen LogP contribution in [0.4, 0.5) is 0 Å². The van der Waals surface area contributed by atoms with Gasteiger partial charge in [-0.3, -0.25) is 4.57 Å². The highest BCUT2D eigenvalue weighted by Gasteiger charge is 2.41. The van der Waals surface area contributed by atoms with Crippen LogP contribution in [0.2, 0.25) is 0 Å². The van der Waals surface area contributed by atoms with E-state index >= 15 is 0 Å². The summed E-state index contributed by atoms with van der Waals surface area (Å²) in [7, 11) is 104. The van der Waals surface area contributed by atoms with Gasteiger partial charge in [0.15, 0.2) is 7.85 Å². The van der Waals surface area contributed by atoms with E-state index in [1.807, 2.05) is 42.5 Å². The maximum atomic E-state index is 10.5. The second kappa shape index (κ2) is 16.7. The van der Waals surface area contributed by atoms with Gasteiger partial charge in [-0.05, 0) is 102 Å². The van der Waals surface area contributed by atoms with Gasteiger partial charge in [0.2, 0.25) is 0 Å². The van der Waals surface area contributed by atoms with Gasteiger partial charge in [0, 0.05) is 5.69 Å². The van der Waals surface area contributed by atoms with Crippen LogP contribution in [0.25, 0.3) is 82.8 Å². The van der Waals surface area contributed by atoms with Gasteiger partial charge in [-0.15, -0.1) is 38.2 Å². The molecule has 9 aromatic rings. The first-order valence-electron chi connectivity index (χ1n) is 20.5. The molecule has 67 heavy (non-hydrogen) atoms. The molecule has 2 N–H and O–H groups in total. The van der Waals surface area contributed by atoms with Crippen molar-refractivity contribution in [3.05, 3.63) is 103 Å². The topological polar surface area (TPSA) is 58.3 Å². The monoisotopic (exact) mass is 818 g/mol. The van der Waals surface area contributed by atoms with Crippen LogP contribution in [-0.2, 0) is 5.21 Å². The minimum absolute atomic E-state index is 0.0432. The lowest BCUT2D eigenvalue weighted by Crippen LogP contribution is -2.55. The fraction of sp³-hybridized carbons (Fsp3) is 0.0426. The number of fused-ring (bicyclic) bond motifs is 3. The number of imidazole rings is 1. The second-order valence-corrected chi connectivity index (χ2v) is 16.6. The molecular weight excluding hydrogens is 798 g/mol. The number of hydrogen-bond donors (Lipinski definition) is 2. The van der Waals surface area contributed by atoms with Crippen LogP contribution in [0, 0.1) is 0 Å². The molecule has 1 aromatic heterocycles. The summed E-state index contributed by atoms with van der Waals surface area (Å²) in [6.45, 7) is 0. The number of aromatic nitrogens is 2. The van der Waals surface area contributed by atoms with Crippen molar-refractivity contribution in [1.82, 2.24) is 9.55 Å². The third-order valence-corrected chi connectivity index (χ3v) is 12.6. The van der Waals surface area contributed by atoms with Gasteiger partial charge >= 0.3 is 0 Å². The van der Waals surface area contributed by atoms with Crippen molar-refractivity contribution in [3.8, 4) is 50.2 Å². The van der Waals surface area contributed by atoms with Crippen LogP contribution in [0.3, 0.4) is 0 Å². The van der Waals surface area contributed by atoms with E-state index in [1.165, 1.54) is 0 Å². The first kappa shape index (κ1) is 46.8. The van der Waals surface area contributed by atoms with Crippen molar-refractivity contribution in [2.45, 2.75) is 10.9 Å². The molecule has 0 spiro atoms. The highest BCUT2D eigenvalue weighted by molar-refractivity contribution is 6.72. The maximum Gasteiger partial charge on any atom is 0.152 e. The Kier molecular flexibility index (Phi) is 11.7. The molecule has 0 atom stereocenters. The molecule has 32 radical (unpaired) electrons. The lowest BCUT2D eigenvalue weighted by molar-refractivity contribution is -0.100. The third-order valence-electron chi connectivity index (χ3n) is 12.6. The number of benzene rings is 8. The average Bonchev–Trinajstić information content (AvgIpc) is 3.72. The van der Waals surface area contributed by atoms with Crippen LogP contribution in [0.15, 0.2) is 97.1 Å². The number of aliphatic hydroxyl groups is 2. The maximum absolute atomic E-state index is 10.5. The molecule has 0 amide bonds. The van der Waals surface area contributed by atoms with Crippen molar-refractivity contribution < 1.29 is 10.2 Å². The van der Waals surface area contributed by atoms with E-state index < -0.39 is 10.9 Å². The van der Waals surface area contributed by atoms with Crippen LogP contribution in [0.5, 0.6) is 0 Å². The molecule has 0 saturated carbocycles. The minimum Gasteiger partial charge on any atom is -0.376 e. The standard InChI is InChI=1S/C47H18B16N2O2/c48-32-27(33(49)39(55)44(60)38(32)54)18-13-11-17(12-14-18)25-28-30(36(52)42(58)40(56)34(28)50)26(31-29(25)35(51)41(57)43(59)37(31)53)21-7-3-5-19(15-21)20-6-4-8-22(16-20)65-24-10-2-1-9-23(24)64-45(65)46(61,62)47(63,66)67/h1-16,66-67H. The van der Waals surface area contributed by atoms with Crippen molar-refractivity contribution in [3.63, 3.8) is 0 Å². The van der Waals surface area contributed by atoms with Crippen molar-refractivity contribution in [1.29, 1.82) is 0 Å². The van der Waals surface area contributed by atoms with Gasteiger partial charge in [-0.1, -0.05) is 99.5 Å².